The van der Waals surface area contributed by atoms with Crippen LogP contribution in [-0.2, 0) is 24.4 Å². The van der Waals surface area contributed by atoms with Gasteiger partial charge in [-0.3, -0.25) is 4.79 Å². The summed E-state index contributed by atoms with van der Waals surface area (Å²) in [5.74, 6) is 0.429. The van der Waals surface area contributed by atoms with Crippen LogP contribution >= 0.6 is 0 Å². The Bertz CT molecular complexity index is 934. The first-order chi connectivity index (χ1) is 13.9. The topological polar surface area (TPSA) is 55.8 Å². The molecule has 0 aromatic heterocycles. The summed E-state index contributed by atoms with van der Waals surface area (Å²) in [6.45, 7) is 4.29. The Kier molecular flexibility index (Phi) is 6.55. The highest BCUT2D eigenvalue weighted by Gasteiger charge is 2.27. The van der Waals surface area contributed by atoms with Crippen molar-refractivity contribution in [2.75, 3.05) is 0 Å². The molecule has 150 valence electrons. The van der Waals surface area contributed by atoms with Crippen molar-refractivity contribution in [1.82, 2.24) is 0 Å². The lowest BCUT2D eigenvalue weighted by atomic mass is 9.86. The van der Waals surface area contributed by atoms with Crippen molar-refractivity contribution < 1.29 is 19.4 Å². The molecule has 0 saturated carbocycles. The molecule has 29 heavy (non-hydrogen) atoms. The Balaban J connectivity index is 1.80. The van der Waals surface area contributed by atoms with Crippen LogP contribution in [0, 0.1) is 5.41 Å². The molecule has 4 heteroatoms. The van der Waals surface area contributed by atoms with E-state index in [1.807, 2.05) is 78.9 Å². The summed E-state index contributed by atoms with van der Waals surface area (Å²) in [7, 11) is 0. The summed E-state index contributed by atoms with van der Waals surface area (Å²) in [5.41, 5.74) is 2.16. The summed E-state index contributed by atoms with van der Waals surface area (Å²) >= 11 is 0. The lowest BCUT2D eigenvalue weighted by Crippen LogP contribution is -2.26. The van der Waals surface area contributed by atoms with Crippen LogP contribution in [0.5, 0.6) is 11.5 Å². The zero-order chi connectivity index (χ0) is 20.7. The minimum atomic E-state index is -0.858. The Morgan fingerprint density at radius 3 is 1.79 bits per heavy atom. The summed E-state index contributed by atoms with van der Waals surface area (Å²) in [6, 6.07) is 25.5. The smallest absolute Gasteiger partial charge is 0.309 e. The van der Waals surface area contributed by atoms with Gasteiger partial charge in [0.05, 0.1) is 5.41 Å². The van der Waals surface area contributed by atoms with Crippen molar-refractivity contribution in [1.29, 1.82) is 0 Å². The molecule has 3 aromatic carbocycles. The van der Waals surface area contributed by atoms with Crippen LogP contribution in [0.15, 0.2) is 78.9 Å². The monoisotopic (exact) mass is 390 g/mol. The average Bonchev–Trinajstić information content (AvgIpc) is 2.72. The van der Waals surface area contributed by atoms with Crippen molar-refractivity contribution in [3.8, 4) is 11.5 Å². The molecular weight excluding hydrogens is 364 g/mol. The van der Waals surface area contributed by atoms with Crippen molar-refractivity contribution in [2.45, 2.75) is 33.5 Å². The molecule has 4 nitrogen and oxygen atoms in total. The van der Waals surface area contributed by atoms with Crippen LogP contribution in [0.2, 0.25) is 0 Å². The third kappa shape index (κ3) is 5.85. The fourth-order valence-electron chi connectivity index (χ4n) is 2.95. The maximum atomic E-state index is 11.5. The second-order valence-corrected chi connectivity index (χ2v) is 7.70. The number of ether oxygens (including phenoxy) is 2. The minimum absolute atomic E-state index is 0.406. The van der Waals surface area contributed by atoms with E-state index < -0.39 is 11.4 Å². The number of carbonyl (C=O) groups is 1. The number of hydrogen-bond acceptors (Lipinski definition) is 3. The predicted octanol–water partition coefficient (Wildman–Crippen LogP) is 5.50. The molecule has 0 heterocycles. The molecule has 0 bridgehead atoms. The molecule has 0 amide bonds. The summed E-state index contributed by atoms with van der Waals surface area (Å²) < 4.78 is 12.1. The van der Waals surface area contributed by atoms with Gasteiger partial charge in [0.2, 0.25) is 0 Å². The first-order valence-corrected chi connectivity index (χ1v) is 9.64. The second-order valence-electron chi connectivity index (χ2n) is 7.70. The molecule has 0 aliphatic rings. The van der Waals surface area contributed by atoms with E-state index in [1.165, 1.54) is 0 Å². The van der Waals surface area contributed by atoms with Gasteiger partial charge in [0.15, 0.2) is 11.5 Å². The molecule has 3 rings (SSSR count). The third-order valence-electron chi connectivity index (χ3n) is 4.71. The SMILES string of the molecule is CC(C)(Cc1ccc(OCc2ccccc2)c(OCc2ccccc2)c1)C(=O)O. The number of carboxylic acid groups (broad SMARTS) is 1. The van der Waals surface area contributed by atoms with Gasteiger partial charge in [0.25, 0.3) is 0 Å². The van der Waals surface area contributed by atoms with E-state index in [9.17, 15) is 9.90 Å². The highest BCUT2D eigenvalue weighted by atomic mass is 16.5. The standard InChI is InChI=1S/C25H26O4/c1-25(2,24(26)27)16-21-13-14-22(28-17-19-9-5-3-6-10-19)23(15-21)29-18-20-11-7-4-8-12-20/h3-15H,16-18H2,1-2H3,(H,26,27). The molecule has 0 saturated heterocycles. The Morgan fingerprint density at radius 2 is 1.28 bits per heavy atom. The normalized spacial score (nSPS) is 11.1. The zero-order valence-corrected chi connectivity index (χ0v) is 16.8. The molecular formula is C25H26O4. The molecule has 0 spiro atoms. The number of hydrogen-bond donors (Lipinski definition) is 1. The first kappa shape index (κ1) is 20.5. The third-order valence-corrected chi connectivity index (χ3v) is 4.71. The lowest BCUT2D eigenvalue weighted by Gasteiger charge is -2.20. The number of rotatable bonds is 9. The van der Waals surface area contributed by atoms with Crippen molar-refractivity contribution in [3.05, 3.63) is 95.6 Å². The van der Waals surface area contributed by atoms with Crippen LogP contribution < -0.4 is 9.47 Å². The van der Waals surface area contributed by atoms with Gasteiger partial charge >= 0.3 is 5.97 Å². The molecule has 0 atom stereocenters. The molecule has 0 unspecified atom stereocenters. The van der Waals surface area contributed by atoms with Gasteiger partial charge < -0.3 is 14.6 Å². The largest absolute Gasteiger partial charge is 0.485 e. The summed E-state index contributed by atoms with van der Waals surface area (Å²) in [5, 5.41) is 9.43. The van der Waals surface area contributed by atoms with E-state index in [4.69, 9.17) is 9.47 Å². The quantitative estimate of drug-likeness (QED) is 0.524. The number of carboxylic acids is 1. The molecule has 0 radical (unpaired) electrons. The average molecular weight is 390 g/mol. The maximum Gasteiger partial charge on any atom is 0.309 e. The number of benzene rings is 3. The van der Waals surface area contributed by atoms with E-state index in [-0.39, 0.29) is 0 Å². The summed E-state index contributed by atoms with van der Waals surface area (Å²) in [4.78, 5) is 11.5. The van der Waals surface area contributed by atoms with Gasteiger partial charge in [-0.05, 0) is 49.1 Å². The van der Waals surface area contributed by atoms with Crippen molar-refractivity contribution in [2.24, 2.45) is 5.41 Å². The van der Waals surface area contributed by atoms with E-state index in [2.05, 4.69) is 0 Å². The van der Waals surface area contributed by atoms with Crippen LogP contribution in [-0.4, -0.2) is 11.1 Å². The van der Waals surface area contributed by atoms with Gasteiger partial charge in [-0.2, -0.15) is 0 Å². The Labute approximate surface area is 171 Å². The van der Waals surface area contributed by atoms with Crippen LogP contribution in [0.1, 0.15) is 30.5 Å². The fraction of sp³-hybridized carbons (Fsp3) is 0.240. The zero-order valence-electron chi connectivity index (χ0n) is 16.8. The molecule has 0 aliphatic carbocycles. The van der Waals surface area contributed by atoms with Gasteiger partial charge in [-0.25, -0.2) is 0 Å². The van der Waals surface area contributed by atoms with Crippen molar-refractivity contribution in [3.63, 3.8) is 0 Å². The van der Waals surface area contributed by atoms with Gasteiger partial charge in [-0.1, -0.05) is 66.7 Å². The van der Waals surface area contributed by atoms with E-state index in [1.54, 1.807) is 13.8 Å². The molecule has 0 aliphatic heterocycles. The van der Waals surface area contributed by atoms with Crippen LogP contribution in [0.3, 0.4) is 0 Å². The van der Waals surface area contributed by atoms with E-state index in [0.717, 1.165) is 16.7 Å². The van der Waals surface area contributed by atoms with Crippen LogP contribution in [0.25, 0.3) is 0 Å². The molecule has 0 fully saturated rings. The molecule has 3 aromatic rings. The fourth-order valence-corrected chi connectivity index (χ4v) is 2.95. The summed E-state index contributed by atoms with van der Waals surface area (Å²) in [6.07, 6.45) is 0.406. The second kappa shape index (κ2) is 9.28. The van der Waals surface area contributed by atoms with Crippen LogP contribution in [0.4, 0.5) is 0 Å². The van der Waals surface area contributed by atoms with E-state index in [0.29, 0.717) is 31.1 Å². The van der Waals surface area contributed by atoms with Crippen molar-refractivity contribution >= 4 is 5.97 Å². The Hall–Kier alpha value is -3.27. The highest BCUT2D eigenvalue weighted by molar-refractivity contribution is 5.74. The lowest BCUT2D eigenvalue weighted by molar-refractivity contribution is -0.146. The van der Waals surface area contributed by atoms with Gasteiger partial charge in [-0.15, -0.1) is 0 Å². The van der Waals surface area contributed by atoms with Gasteiger partial charge in [0.1, 0.15) is 13.2 Å². The minimum Gasteiger partial charge on any atom is -0.485 e. The Morgan fingerprint density at radius 1 is 0.759 bits per heavy atom. The van der Waals surface area contributed by atoms with Gasteiger partial charge in [0, 0.05) is 0 Å². The number of aliphatic carboxylic acids is 1. The first-order valence-electron chi connectivity index (χ1n) is 9.64. The maximum absolute atomic E-state index is 11.5. The van der Waals surface area contributed by atoms with E-state index >= 15 is 0 Å². The molecule has 1 N–H and O–H groups in total. The predicted molar refractivity (Wildman–Crippen MR) is 113 cm³/mol. The highest BCUT2D eigenvalue weighted by Crippen LogP contribution is 2.32.